The molecular weight excluding hydrogens is 465 g/mol. The summed E-state index contributed by atoms with van der Waals surface area (Å²) in [5.41, 5.74) is -0.611. The minimum absolute atomic E-state index is 0.0525. The lowest BCUT2D eigenvalue weighted by Crippen LogP contribution is -2.40. The van der Waals surface area contributed by atoms with E-state index in [2.05, 4.69) is 0 Å². The van der Waals surface area contributed by atoms with Crippen molar-refractivity contribution in [1.82, 2.24) is 9.80 Å². The van der Waals surface area contributed by atoms with E-state index in [9.17, 15) is 26.4 Å². The molecule has 0 aliphatic heterocycles. The maximum atomic E-state index is 13.0. The SMILES string of the molecule is COCCN(Cc1ccc(OC)c(OS(=O)(=O)c2cccc(C(F)(F)F)c2)c1)C(=O)N(C)C. The van der Waals surface area contributed by atoms with E-state index in [1.165, 1.54) is 36.2 Å². The second kappa shape index (κ2) is 10.8. The lowest BCUT2D eigenvalue weighted by atomic mass is 10.2. The molecule has 33 heavy (non-hydrogen) atoms. The van der Waals surface area contributed by atoms with Crippen LogP contribution in [-0.4, -0.2) is 65.7 Å². The third-order valence-electron chi connectivity index (χ3n) is 4.47. The van der Waals surface area contributed by atoms with Crippen molar-refractivity contribution in [3.05, 3.63) is 53.6 Å². The number of carbonyl (C=O) groups is 1. The highest BCUT2D eigenvalue weighted by Gasteiger charge is 2.32. The minimum atomic E-state index is -4.71. The second-order valence-corrected chi connectivity index (χ2v) is 8.69. The molecule has 8 nitrogen and oxygen atoms in total. The van der Waals surface area contributed by atoms with Crippen LogP contribution in [0.2, 0.25) is 0 Å². The Bertz CT molecular complexity index is 1070. The van der Waals surface area contributed by atoms with Crippen molar-refractivity contribution in [1.29, 1.82) is 0 Å². The Morgan fingerprint density at radius 2 is 1.73 bits per heavy atom. The summed E-state index contributed by atoms with van der Waals surface area (Å²) in [6.07, 6.45) is -4.71. The molecule has 0 spiro atoms. The summed E-state index contributed by atoms with van der Waals surface area (Å²) in [6, 6.07) is 7.36. The summed E-state index contributed by atoms with van der Waals surface area (Å²) in [4.78, 5) is 14.6. The zero-order valence-electron chi connectivity index (χ0n) is 18.5. The Balaban J connectivity index is 2.37. The van der Waals surface area contributed by atoms with Crippen LogP contribution >= 0.6 is 0 Å². The third-order valence-corrected chi connectivity index (χ3v) is 5.70. The van der Waals surface area contributed by atoms with Crippen molar-refractivity contribution >= 4 is 16.1 Å². The summed E-state index contributed by atoms with van der Waals surface area (Å²) in [5.74, 6) is -0.173. The molecule has 0 fully saturated rings. The molecular formula is C21H25F3N2O6S. The molecule has 182 valence electrons. The average Bonchev–Trinajstić information content (AvgIpc) is 2.75. The van der Waals surface area contributed by atoms with Gasteiger partial charge >= 0.3 is 22.3 Å². The van der Waals surface area contributed by atoms with Gasteiger partial charge in [-0.15, -0.1) is 0 Å². The summed E-state index contributed by atoms with van der Waals surface area (Å²) in [7, 11) is 1.36. The van der Waals surface area contributed by atoms with Crippen molar-refractivity contribution in [2.45, 2.75) is 17.6 Å². The van der Waals surface area contributed by atoms with Gasteiger partial charge in [-0.05, 0) is 35.9 Å². The van der Waals surface area contributed by atoms with Crippen LogP contribution in [0.5, 0.6) is 11.5 Å². The van der Waals surface area contributed by atoms with Crippen LogP contribution in [0, 0.1) is 0 Å². The van der Waals surface area contributed by atoms with E-state index >= 15 is 0 Å². The fraction of sp³-hybridized carbons (Fsp3) is 0.381. The summed E-state index contributed by atoms with van der Waals surface area (Å²) in [6.45, 7) is 0.658. The molecule has 0 bridgehead atoms. The number of rotatable bonds is 9. The molecule has 12 heteroatoms. The number of benzene rings is 2. The molecule has 2 aromatic carbocycles. The van der Waals surface area contributed by atoms with Gasteiger partial charge in [0, 0.05) is 34.3 Å². The Morgan fingerprint density at radius 3 is 2.30 bits per heavy atom. The molecule has 0 saturated heterocycles. The fourth-order valence-electron chi connectivity index (χ4n) is 2.83. The largest absolute Gasteiger partial charge is 0.493 e. The first-order valence-corrected chi connectivity index (χ1v) is 11.0. The summed E-state index contributed by atoms with van der Waals surface area (Å²) < 4.78 is 79.6. The van der Waals surface area contributed by atoms with E-state index < -0.39 is 26.8 Å². The summed E-state index contributed by atoms with van der Waals surface area (Å²) in [5, 5.41) is 0. The number of ether oxygens (including phenoxy) is 2. The Morgan fingerprint density at radius 1 is 1.03 bits per heavy atom. The number of carbonyl (C=O) groups excluding carboxylic acids is 1. The van der Waals surface area contributed by atoms with E-state index in [4.69, 9.17) is 13.7 Å². The first-order valence-electron chi connectivity index (χ1n) is 9.63. The minimum Gasteiger partial charge on any atom is -0.493 e. The maximum absolute atomic E-state index is 13.0. The van der Waals surface area contributed by atoms with Crippen LogP contribution in [0.4, 0.5) is 18.0 Å². The van der Waals surface area contributed by atoms with E-state index in [-0.39, 0.29) is 37.2 Å². The van der Waals surface area contributed by atoms with Gasteiger partial charge in [0.25, 0.3) is 0 Å². The van der Waals surface area contributed by atoms with Crippen molar-refractivity contribution in [3.8, 4) is 11.5 Å². The zero-order valence-corrected chi connectivity index (χ0v) is 19.4. The molecule has 0 aliphatic carbocycles. The molecule has 2 rings (SSSR count). The van der Waals surface area contributed by atoms with Crippen LogP contribution < -0.4 is 8.92 Å². The van der Waals surface area contributed by atoms with Gasteiger partial charge in [-0.2, -0.15) is 21.6 Å². The fourth-order valence-corrected chi connectivity index (χ4v) is 3.81. The van der Waals surface area contributed by atoms with Gasteiger partial charge in [0.1, 0.15) is 4.90 Å². The standard InChI is InChI=1S/C21H25F3N2O6S/c1-25(2)20(27)26(10-11-30-3)14-15-8-9-18(31-4)19(12-15)32-33(28,29)17-7-5-6-16(13-17)21(22,23)24/h5-9,12-13H,10-11,14H2,1-4H3. The lowest BCUT2D eigenvalue weighted by Gasteiger charge is -2.26. The molecule has 2 aromatic rings. The molecule has 0 heterocycles. The van der Waals surface area contributed by atoms with Crippen molar-refractivity contribution in [2.24, 2.45) is 0 Å². The van der Waals surface area contributed by atoms with Crippen LogP contribution in [-0.2, 0) is 27.6 Å². The van der Waals surface area contributed by atoms with Gasteiger partial charge in [0.05, 0.1) is 19.3 Å². The number of hydrogen-bond donors (Lipinski definition) is 0. The van der Waals surface area contributed by atoms with Crippen LogP contribution in [0.3, 0.4) is 0 Å². The molecule has 0 unspecified atom stereocenters. The Labute approximate surface area is 190 Å². The Hall–Kier alpha value is -2.99. The maximum Gasteiger partial charge on any atom is 0.416 e. The van der Waals surface area contributed by atoms with Crippen molar-refractivity contribution < 1.29 is 40.0 Å². The smallest absolute Gasteiger partial charge is 0.416 e. The predicted octanol–water partition coefficient (Wildman–Crippen LogP) is 3.61. The number of urea groups is 1. The van der Waals surface area contributed by atoms with Gasteiger partial charge in [-0.25, -0.2) is 4.79 Å². The quantitative estimate of drug-likeness (QED) is 0.500. The third kappa shape index (κ3) is 6.99. The zero-order chi connectivity index (χ0) is 24.8. The van der Waals surface area contributed by atoms with Gasteiger partial charge in [-0.1, -0.05) is 12.1 Å². The highest BCUT2D eigenvalue weighted by atomic mass is 32.2. The van der Waals surface area contributed by atoms with E-state index in [1.807, 2.05) is 0 Å². The van der Waals surface area contributed by atoms with Gasteiger partial charge < -0.3 is 23.5 Å². The molecule has 0 aliphatic rings. The molecule has 2 amide bonds. The molecule has 0 saturated carbocycles. The van der Waals surface area contributed by atoms with Gasteiger partial charge in [-0.3, -0.25) is 0 Å². The van der Waals surface area contributed by atoms with E-state index in [0.29, 0.717) is 11.6 Å². The van der Waals surface area contributed by atoms with Crippen LogP contribution in [0.1, 0.15) is 11.1 Å². The first kappa shape index (κ1) is 26.3. The predicted molar refractivity (Wildman–Crippen MR) is 114 cm³/mol. The highest BCUT2D eigenvalue weighted by molar-refractivity contribution is 7.87. The van der Waals surface area contributed by atoms with Crippen molar-refractivity contribution in [2.75, 3.05) is 41.5 Å². The molecule has 0 radical (unpaired) electrons. The monoisotopic (exact) mass is 490 g/mol. The number of alkyl halides is 3. The van der Waals surface area contributed by atoms with Crippen LogP contribution in [0.25, 0.3) is 0 Å². The van der Waals surface area contributed by atoms with E-state index in [1.54, 1.807) is 20.2 Å². The van der Waals surface area contributed by atoms with E-state index in [0.717, 1.165) is 18.2 Å². The number of halogens is 3. The highest BCUT2D eigenvalue weighted by Crippen LogP contribution is 2.34. The van der Waals surface area contributed by atoms with Crippen LogP contribution in [0.15, 0.2) is 47.4 Å². The van der Waals surface area contributed by atoms with Gasteiger partial charge in [0.2, 0.25) is 0 Å². The first-order chi connectivity index (χ1) is 15.4. The molecule has 0 atom stereocenters. The van der Waals surface area contributed by atoms with Crippen molar-refractivity contribution in [3.63, 3.8) is 0 Å². The summed E-state index contributed by atoms with van der Waals surface area (Å²) >= 11 is 0. The normalized spacial score (nSPS) is 11.7. The number of methoxy groups -OCH3 is 2. The lowest BCUT2D eigenvalue weighted by molar-refractivity contribution is -0.137. The average molecular weight is 491 g/mol. The topological polar surface area (TPSA) is 85.4 Å². The second-order valence-electron chi connectivity index (χ2n) is 7.14. The Kier molecular flexibility index (Phi) is 8.56. The number of hydrogen-bond acceptors (Lipinski definition) is 6. The number of nitrogens with zero attached hydrogens (tertiary/aromatic N) is 2. The number of amides is 2. The molecule has 0 N–H and O–H groups in total. The van der Waals surface area contributed by atoms with Gasteiger partial charge in [0.15, 0.2) is 11.5 Å². The molecule has 0 aromatic heterocycles.